The Labute approximate surface area is 120 Å². The van der Waals surface area contributed by atoms with Crippen molar-refractivity contribution in [3.8, 4) is 5.75 Å². The minimum absolute atomic E-state index is 0.0716. The molecule has 0 heterocycles. The van der Waals surface area contributed by atoms with E-state index in [2.05, 4.69) is 27.7 Å². The molecule has 1 rings (SSSR count). The van der Waals surface area contributed by atoms with Gasteiger partial charge in [-0.3, -0.25) is 5.41 Å². The van der Waals surface area contributed by atoms with Gasteiger partial charge in [-0.25, -0.2) is 0 Å². The molecule has 3 N–H and O–H groups in total. The molecule has 0 aromatic heterocycles. The van der Waals surface area contributed by atoms with Gasteiger partial charge in [-0.15, -0.1) is 11.8 Å². The van der Waals surface area contributed by atoms with Crippen molar-refractivity contribution in [1.29, 1.82) is 5.41 Å². The van der Waals surface area contributed by atoms with Crippen LogP contribution in [0, 0.1) is 10.8 Å². The highest BCUT2D eigenvalue weighted by atomic mass is 32.2. The van der Waals surface area contributed by atoms with Crippen molar-refractivity contribution in [2.75, 3.05) is 12.4 Å². The van der Waals surface area contributed by atoms with Crippen LogP contribution >= 0.6 is 11.8 Å². The third-order valence-electron chi connectivity index (χ3n) is 2.67. The molecule has 0 aliphatic rings. The summed E-state index contributed by atoms with van der Waals surface area (Å²) in [6, 6.07) is 5.83. The Kier molecular flexibility index (Phi) is 5.73. The van der Waals surface area contributed by atoms with Crippen LogP contribution in [0.3, 0.4) is 0 Å². The lowest BCUT2D eigenvalue weighted by atomic mass is 9.93. The van der Waals surface area contributed by atoms with Crippen LogP contribution < -0.4 is 10.5 Å². The Bertz CT molecular complexity index is 438. The number of ether oxygens (including phenoxy) is 1. The molecule has 0 aliphatic carbocycles. The highest BCUT2D eigenvalue weighted by Gasteiger charge is 2.14. The molecule has 0 fully saturated rings. The lowest BCUT2D eigenvalue weighted by Gasteiger charge is -2.19. The summed E-state index contributed by atoms with van der Waals surface area (Å²) in [4.78, 5) is 1.02. The molecule has 1 aromatic carbocycles. The molecule has 4 heteroatoms. The molecular weight excluding hydrogens is 256 g/mol. The van der Waals surface area contributed by atoms with E-state index in [-0.39, 0.29) is 11.3 Å². The zero-order chi connectivity index (χ0) is 14.5. The van der Waals surface area contributed by atoms with Crippen LogP contribution in [-0.2, 0) is 0 Å². The number of rotatable bonds is 6. The normalized spacial score (nSPS) is 11.4. The van der Waals surface area contributed by atoms with E-state index < -0.39 is 0 Å². The summed E-state index contributed by atoms with van der Waals surface area (Å²) in [5, 5.41) is 7.74. The van der Waals surface area contributed by atoms with Gasteiger partial charge in [-0.2, -0.15) is 0 Å². The summed E-state index contributed by atoms with van der Waals surface area (Å²) in [6.45, 7) is 9.29. The highest BCUT2D eigenvalue weighted by molar-refractivity contribution is 7.99. The van der Waals surface area contributed by atoms with Crippen molar-refractivity contribution < 1.29 is 4.74 Å². The van der Waals surface area contributed by atoms with Crippen LogP contribution in [0.15, 0.2) is 23.1 Å². The van der Waals surface area contributed by atoms with Gasteiger partial charge >= 0.3 is 0 Å². The van der Waals surface area contributed by atoms with E-state index in [0.29, 0.717) is 6.61 Å². The number of hydrogen-bond donors (Lipinski definition) is 2. The maximum Gasteiger partial charge on any atom is 0.131 e. The number of nitrogens with two attached hydrogens (primary N) is 1. The second-order valence-electron chi connectivity index (χ2n) is 5.64. The summed E-state index contributed by atoms with van der Waals surface area (Å²) in [5.41, 5.74) is 6.66. The van der Waals surface area contributed by atoms with Crippen molar-refractivity contribution in [2.45, 2.75) is 39.0 Å². The number of amidine groups is 1. The van der Waals surface area contributed by atoms with Gasteiger partial charge in [0.15, 0.2) is 0 Å². The molecule has 1 aromatic rings. The minimum Gasteiger partial charge on any atom is -0.493 e. The average Bonchev–Trinajstić information content (AvgIpc) is 2.27. The van der Waals surface area contributed by atoms with Gasteiger partial charge in [0, 0.05) is 4.90 Å². The van der Waals surface area contributed by atoms with E-state index in [1.54, 1.807) is 11.8 Å². The molecule has 19 heavy (non-hydrogen) atoms. The Hall–Kier alpha value is -1.16. The molecule has 0 unspecified atom stereocenters. The fourth-order valence-electron chi connectivity index (χ4n) is 1.64. The molecular formula is C15H24N2OS. The maximum absolute atomic E-state index is 7.74. The van der Waals surface area contributed by atoms with Crippen molar-refractivity contribution in [1.82, 2.24) is 0 Å². The van der Waals surface area contributed by atoms with E-state index in [9.17, 15) is 0 Å². The maximum atomic E-state index is 7.74. The second kappa shape index (κ2) is 6.85. The largest absolute Gasteiger partial charge is 0.493 e. The topological polar surface area (TPSA) is 59.1 Å². The van der Waals surface area contributed by atoms with Gasteiger partial charge in [0.2, 0.25) is 0 Å². The lowest BCUT2D eigenvalue weighted by molar-refractivity contribution is 0.242. The lowest BCUT2D eigenvalue weighted by Crippen LogP contribution is -2.16. The average molecular weight is 280 g/mol. The van der Waals surface area contributed by atoms with Crippen molar-refractivity contribution in [3.05, 3.63) is 23.8 Å². The first kappa shape index (κ1) is 15.9. The molecule has 0 amide bonds. The summed E-state index contributed by atoms with van der Waals surface area (Å²) in [6.07, 6.45) is 0.968. The smallest absolute Gasteiger partial charge is 0.131 e. The fourth-order valence-corrected chi connectivity index (χ4v) is 2.48. The fraction of sp³-hybridized carbons (Fsp3) is 0.533. The van der Waals surface area contributed by atoms with Crippen LogP contribution in [0.2, 0.25) is 0 Å². The number of thioether (sulfide) groups is 1. The first-order chi connectivity index (χ1) is 8.85. The van der Waals surface area contributed by atoms with Crippen LogP contribution in [0.1, 0.15) is 39.7 Å². The second-order valence-corrected chi connectivity index (χ2v) is 6.94. The summed E-state index contributed by atoms with van der Waals surface area (Å²) in [7, 11) is 0. The Balaban J connectivity index is 2.87. The van der Waals surface area contributed by atoms with Gasteiger partial charge in [0.05, 0.1) is 12.2 Å². The van der Waals surface area contributed by atoms with Gasteiger partial charge < -0.3 is 10.5 Å². The van der Waals surface area contributed by atoms with E-state index in [0.717, 1.165) is 28.4 Å². The molecule has 3 nitrogen and oxygen atoms in total. The van der Waals surface area contributed by atoms with Crippen LogP contribution in [-0.4, -0.2) is 18.2 Å². The number of benzene rings is 1. The zero-order valence-electron chi connectivity index (χ0n) is 12.2. The van der Waals surface area contributed by atoms with Gasteiger partial charge in [0.1, 0.15) is 11.6 Å². The third kappa shape index (κ3) is 5.15. The van der Waals surface area contributed by atoms with Crippen molar-refractivity contribution >= 4 is 17.6 Å². The van der Waals surface area contributed by atoms with Crippen LogP contribution in [0.4, 0.5) is 0 Å². The van der Waals surface area contributed by atoms with Crippen molar-refractivity contribution in [2.24, 2.45) is 11.1 Å². The van der Waals surface area contributed by atoms with Gasteiger partial charge in [-0.1, -0.05) is 33.8 Å². The van der Waals surface area contributed by atoms with E-state index >= 15 is 0 Å². The molecule has 0 bridgehead atoms. The summed E-state index contributed by atoms with van der Waals surface area (Å²) < 4.78 is 5.83. The molecule has 0 spiro atoms. The monoisotopic (exact) mass is 280 g/mol. The molecule has 0 aliphatic heterocycles. The first-order valence-corrected chi connectivity index (χ1v) is 7.56. The third-order valence-corrected chi connectivity index (χ3v) is 3.61. The minimum atomic E-state index is 0.0716. The molecule has 0 saturated carbocycles. The molecule has 0 atom stereocenters. The van der Waals surface area contributed by atoms with E-state index in [4.69, 9.17) is 15.9 Å². The van der Waals surface area contributed by atoms with Gasteiger partial charge in [-0.05, 0) is 29.7 Å². The molecule has 0 radical (unpaired) electrons. The van der Waals surface area contributed by atoms with Crippen LogP contribution in [0.5, 0.6) is 5.75 Å². The predicted molar refractivity (Wildman–Crippen MR) is 83.4 cm³/mol. The standard InChI is InChI=1S/C15H24N2OS/c1-5-19-12-8-6-7-11(13(12)14(16)17)18-10-9-15(2,3)4/h6-8H,5,9-10H2,1-4H3,(H3,16,17). The number of nitrogens with one attached hydrogen (secondary N) is 1. The SMILES string of the molecule is CCSc1cccc(OCCC(C)(C)C)c1C(=N)N. The Morgan fingerprint density at radius 3 is 2.58 bits per heavy atom. The summed E-state index contributed by atoms with van der Waals surface area (Å²) in [5.74, 6) is 1.74. The number of nitrogen functional groups attached to an aromatic ring is 1. The molecule has 106 valence electrons. The summed E-state index contributed by atoms with van der Waals surface area (Å²) >= 11 is 1.68. The zero-order valence-corrected chi connectivity index (χ0v) is 13.1. The quantitative estimate of drug-likeness (QED) is 0.472. The Morgan fingerprint density at radius 1 is 1.37 bits per heavy atom. The van der Waals surface area contributed by atoms with E-state index in [1.165, 1.54) is 0 Å². The highest BCUT2D eigenvalue weighted by Crippen LogP contribution is 2.30. The van der Waals surface area contributed by atoms with Crippen molar-refractivity contribution in [3.63, 3.8) is 0 Å². The Morgan fingerprint density at radius 2 is 2.05 bits per heavy atom. The van der Waals surface area contributed by atoms with E-state index in [1.807, 2.05) is 18.2 Å². The van der Waals surface area contributed by atoms with Crippen LogP contribution in [0.25, 0.3) is 0 Å². The predicted octanol–water partition coefficient (Wildman–Crippen LogP) is 3.90. The molecule has 0 saturated heterocycles. The number of hydrogen-bond acceptors (Lipinski definition) is 3. The van der Waals surface area contributed by atoms with Gasteiger partial charge in [0.25, 0.3) is 0 Å². The first-order valence-electron chi connectivity index (χ1n) is 6.58.